The first-order valence-corrected chi connectivity index (χ1v) is 11.2. The quantitative estimate of drug-likeness (QED) is 0.252. The third-order valence-electron chi connectivity index (χ3n) is 5.96. The van der Waals surface area contributed by atoms with E-state index in [0.29, 0.717) is 25.3 Å². The van der Waals surface area contributed by atoms with Crippen molar-refractivity contribution in [2.45, 2.75) is 50.9 Å². The number of ether oxygens (including phenoxy) is 1. The van der Waals surface area contributed by atoms with E-state index in [1.165, 1.54) is 6.07 Å². The monoisotopic (exact) mass is 478 g/mol. The van der Waals surface area contributed by atoms with E-state index in [4.69, 9.17) is 10.6 Å². The first-order valence-electron chi connectivity index (χ1n) is 11.2. The molecule has 1 fully saturated rings. The molecule has 0 atom stereocenters. The molecule has 34 heavy (non-hydrogen) atoms. The summed E-state index contributed by atoms with van der Waals surface area (Å²) in [7, 11) is 0. The number of nitrogens with two attached hydrogens (primary N) is 1. The molecule has 2 aromatic carbocycles. The zero-order valence-corrected chi connectivity index (χ0v) is 18.7. The minimum Gasteiger partial charge on any atom is -0.445 e. The maximum Gasteiger partial charge on any atom is 0.418 e. The summed E-state index contributed by atoms with van der Waals surface area (Å²) in [5, 5.41) is 5.72. The summed E-state index contributed by atoms with van der Waals surface area (Å²) < 4.78 is 45.5. The number of nitrogens with one attached hydrogen (secondary N) is 3. The van der Waals surface area contributed by atoms with Crippen LogP contribution in [0.4, 0.5) is 23.7 Å². The molecule has 7 nitrogen and oxygen atoms in total. The van der Waals surface area contributed by atoms with Crippen LogP contribution in [-0.4, -0.2) is 24.6 Å². The third-order valence-corrected chi connectivity index (χ3v) is 5.96. The molecular formula is C24H29F3N4O3. The molecule has 0 unspecified atom stereocenters. The van der Waals surface area contributed by atoms with Crippen LogP contribution in [0.15, 0.2) is 48.5 Å². The van der Waals surface area contributed by atoms with E-state index in [2.05, 4.69) is 10.6 Å². The van der Waals surface area contributed by atoms with Gasteiger partial charge in [-0.25, -0.2) is 10.6 Å². The number of anilines is 1. The summed E-state index contributed by atoms with van der Waals surface area (Å²) in [5.74, 6) is 4.81. The van der Waals surface area contributed by atoms with Gasteiger partial charge >= 0.3 is 12.3 Å². The Kier molecular flexibility index (Phi) is 8.75. The Morgan fingerprint density at radius 3 is 2.38 bits per heavy atom. The molecule has 1 aliphatic carbocycles. The molecule has 0 aliphatic heterocycles. The Morgan fingerprint density at radius 2 is 1.74 bits per heavy atom. The Balaban J connectivity index is 1.44. The first-order chi connectivity index (χ1) is 16.3. The van der Waals surface area contributed by atoms with Crippen LogP contribution < -0.4 is 21.9 Å². The van der Waals surface area contributed by atoms with Gasteiger partial charge in [-0.1, -0.05) is 30.3 Å². The predicted octanol–water partition coefficient (Wildman–Crippen LogP) is 4.60. The number of benzene rings is 2. The second kappa shape index (κ2) is 11.7. The molecule has 0 heterocycles. The zero-order chi connectivity index (χ0) is 24.6. The second-order valence-electron chi connectivity index (χ2n) is 8.37. The number of carbonyl (C=O) groups excluding carboxylic acids is 2. The highest BCUT2D eigenvalue weighted by atomic mass is 19.4. The molecular weight excluding hydrogens is 449 g/mol. The van der Waals surface area contributed by atoms with Crippen LogP contribution in [0, 0.1) is 5.92 Å². The van der Waals surface area contributed by atoms with Crippen LogP contribution in [0.5, 0.6) is 0 Å². The molecule has 5 N–H and O–H groups in total. The fourth-order valence-corrected chi connectivity index (χ4v) is 4.10. The number of halogens is 3. The fraction of sp³-hybridized carbons (Fsp3) is 0.417. The van der Waals surface area contributed by atoms with Gasteiger partial charge in [0.15, 0.2) is 0 Å². The number of hydrogen-bond donors (Lipinski definition) is 4. The molecule has 0 saturated heterocycles. The van der Waals surface area contributed by atoms with E-state index in [0.717, 1.165) is 37.0 Å². The molecule has 1 aliphatic rings. The number of amides is 2. The normalized spacial score (nSPS) is 18.1. The van der Waals surface area contributed by atoms with Crippen LogP contribution >= 0.6 is 0 Å². The molecule has 2 amide bonds. The minimum absolute atomic E-state index is 0.0527. The van der Waals surface area contributed by atoms with E-state index in [1.54, 1.807) is 0 Å². The van der Waals surface area contributed by atoms with Crippen molar-refractivity contribution in [1.29, 1.82) is 0 Å². The van der Waals surface area contributed by atoms with E-state index < -0.39 is 23.7 Å². The van der Waals surface area contributed by atoms with Crippen LogP contribution in [0.25, 0.3) is 0 Å². The summed E-state index contributed by atoms with van der Waals surface area (Å²) >= 11 is 0. The van der Waals surface area contributed by atoms with Crippen molar-refractivity contribution < 1.29 is 27.5 Å². The Hall–Kier alpha value is -3.27. The van der Waals surface area contributed by atoms with Crippen molar-refractivity contribution >= 4 is 17.7 Å². The Labute approximate surface area is 196 Å². The van der Waals surface area contributed by atoms with Crippen LogP contribution in [0.1, 0.15) is 53.6 Å². The summed E-state index contributed by atoms with van der Waals surface area (Å²) in [6.07, 6.45) is -1.22. The number of alkyl halides is 3. The summed E-state index contributed by atoms with van der Waals surface area (Å²) in [5.41, 5.74) is 1.95. The van der Waals surface area contributed by atoms with Gasteiger partial charge in [0.1, 0.15) is 6.61 Å². The number of alkyl carbamates (subject to hydrolysis) is 1. The Bertz CT molecular complexity index is 962. The van der Waals surface area contributed by atoms with Gasteiger partial charge in [-0.2, -0.15) is 13.2 Å². The largest absolute Gasteiger partial charge is 0.445 e. The molecule has 0 radical (unpaired) electrons. The van der Waals surface area contributed by atoms with Gasteiger partial charge in [-0.05, 0) is 61.8 Å². The lowest BCUT2D eigenvalue weighted by molar-refractivity contribution is -0.137. The zero-order valence-electron chi connectivity index (χ0n) is 18.7. The molecule has 10 heteroatoms. The number of nitrogen functional groups attached to an aromatic ring is 1. The number of hydrazine groups is 1. The lowest BCUT2D eigenvalue weighted by Gasteiger charge is -2.30. The van der Waals surface area contributed by atoms with Crippen molar-refractivity contribution in [3.05, 3.63) is 65.2 Å². The number of carbonyl (C=O) groups is 2. The van der Waals surface area contributed by atoms with Crippen molar-refractivity contribution in [3.8, 4) is 0 Å². The number of rotatable bonds is 8. The highest BCUT2D eigenvalue weighted by Gasteiger charge is 2.34. The lowest BCUT2D eigenvalue weighted by Crippen LogP contribution is -2.31. The van der Waals surface area contributed by atoms with Crippen LogP contribution in [-0.2, 0) is 17.5 Å². The van der Waals surface area contributed by atoms with E-state index in [-0.39, 0.29) is 23.9 Å². The molecule has 0 spiro atoms. The first kappa shape index (κ1) is 25.4. The highest BCUT2D eigenvalue weighted by Crippen LogP contribution is 2.37. The fourth-order valence-electron chi connectivity index (χ4n) is 4.10. The SMILES string of the molecule is NNC(=O)c1ccc(C(F)(F)F)c(NC2CCC(CCNC(=O)OCc3ccccc3)CC2)c1. The maximum atomic E-state index is 13.4. The van der Waals surface area contributed by atoms with E-state index in [1.807, 2.05) is 35.8 Å². The highest BCUT2D eigenvalue weighted by molar-refractivity contribution is 5.95. The standard InChI is InChI=1S/C24H29F3N4O3/c25-24(26,27)20-11-8-18(22(32)31-28)14-21(20)30-19-9-6-16(7-10-19)12-13-29-23(33)34-15-17-4-2-1-3-5-17/h1-5,8,11,14,16,19,30H,6-7,9-10,12-13,15,28H2,(H,29,33)(H,31,32). The second-order valence-corrected chi connectivity index (χ2v) is 8.37. The van der Waals surface area contributed by atoms with Crippen LogP contribution in [0.2, 0.25) is 0 Å². The van der Waals surface area contributed by atoms with Gasteiger partial charge in [0, 0.05) is 23.8 Å². The van der Waals surface area contributed by atoms with Crippen molar-refractivity contribution in [2.24, 2.45) is 11.8 Å². The van der Waals surface area contributed by atoms with Crippen molar-refractivity contribution in [1.82, 2.24) is 10.7 Å². The van der Waals surface area contributed by atoms with Gasteiger partial charge in [-0.3, -0.25) is 10.2 Å². The average molecular weight is 479 g/mol. The predicted molar refractivity (Wildman–Crippen MR) is 122 cm³/mol. The molecule has 2 aromatic rings. The van der Waals surface area contributed by atoms with Crippen molar-refractivity contribution in [2.75, 3.05) is 11.9 Å². The van der Waals surface area contributed by atoms with Crippen LogP contribution in [0.3, 0.4) is 0 Å². The summed E-state index contributed by atoms with van der Waals surface area (Å²) in [6.45, 7) is 0.683. The summed E-state index contributed by atoms with van der Waals surface area (Å²) in [4.78, 5) is 23.6. The van der Waals surface area contributed by atoms with Gasteiger partial charge in [0.2, 0.25) is 0 Å². The van der Waals surface area contributed by atoms with E-state index in [9.17, 15) is 22.8 Å². The lowest BCUT2D eigenvalue weighted by atomic mass is 9.84. The molecule has 184 valence electrons. The van der Waals surface area contributed by atoms with E-state index >= 15 is 0 Å². The Morgan fingerprint density at radius 1 is 1.03 bits per heavy atom. The van der Waals surface area contributed by atoms with Gasteiger partial charge < -0.3 is 15.4 Å². The molecule has 3 rings (SSSR count). The topological polar surface area (TPSA) is 105 Å². The average Bonchev–Trinajstić information content (AvgIpc) is 2.83. The third kappa shape index (κ3) is 7.38. The number of hydrogen-bond acceptors (Lipinski definition) is 5. The van der Waals surface area contributed by atoms with Gasteiger partial charge in [0.25, 0.3) is 5.91 Å². The molecule has 0 aromatic heterocycles. The van der Waals surface area contributed by atoms with Gasteiger partial charge in [0.05, 0.1) is 5.56 Å². The molecule has 1 saturated carbocycles. The smallest absolute Gasteiger partial charge is 0.418 e. The van der Waals surface area contributed by atoms with Gasteiger partial charge in [-0.15, -0.1) is 0 Å². The molecule has 0 bridgehead atoms. The maximum absolute atomic E-state index is 13.4. The summed E-state index contributed by atoms with van der Waals surface area (Å²) in [6, 6.07) is 12.4. The minimum atomic E-state index is -4.54. The van der Waals surface area contributed by atoms with Crippen molar-refractivity contribution in [3.63, 3.8) is 0 Å².